The van der Waals surface area contributed by atoms with Gasteiger partial charge in [0, 0.05) is 37.0 Å². The molecule has 0 aromatic carbocycles. The maximum atomic E-state index is 12.8. The Morgan fingerprint density at radius 3 is 2.68 bits per heavy atom. The van der Waals surface area contributed by atoms with Crippen molar-refractivity contribution in [2.24, 2.45) is 0 Å². The van der Waals surface area contributed by atoms with E-state index in [1.807, 2.05) is 33.7 Å². The third-order valence-electron chi connectivity index (χ3n) is 6.71. The van der Waals surface area contributed by atoms with Crippen LogP contribution in [0.5, 0.6) is 0 Å². The molecule has 0 bridgehead atoms. The van der Waals surface area contributed by atoms with Crippen molar-refractivity contribution in [3.63, 3.8) is 0 Å². The molecular formula is C24H30N4OS2. The summed E-state index contributed by atoms with van der Waals surface area (Å²) in [7, 11) is 0. The molecule has 1 aliphatic heterocycles. The summed E-state index contributed by atoms with van der Waals surface area (Å²) in [6, 6.07) is 3.87. The van der Waals surface area contributed by atoms with Crippen molar-refractivity contribution in [3.05, 3.63) is 38.7 Å². The molecule has 7 heteroatoms. The maximum Gasteiger partial charge on any atom is 0.264 e. The van der Waals surface area contributed by atoms with Crippen molar-refractivity contribution in [1.29, 1.82) is 0 Å². The lowest BCUT2D eigenvalue weighted by Crippen LogP contribution is -2.49. The number of aromatic nitrogens is 2. The first kappa shape index (κ1) is 20.9. The number of aryl methyl sites for hydroxylation is 2. The zero-order chi connectivity index (χ0) is 21.4. The second-order valence-electron chi connectivity index (χ2n) is 8.72. The van der Waals surface area contributed by atoms with Gasteiger partial charge in [0.15, 0.2) is 0 Å². The lowest BCUT2D eigenvalue weighted by atomic mass is 10.1. The number of nitrogens with zero attached hydrogens (tertiary/aromatic N) is 4. The summed E-state index contributed by atoms with van der Waals surface area (Å²) >= 11 is 3.42. The van der Waals surface area contributed by atoms with Gasteiger partial charge in [-0.2, -0.15) is 0 Å². The van der Waals surface area contributed by atoms with E-state index in [1.54, 1.807) is 0 Å². The topological polar surface area (TPSA) is 49.3 Å². The van der Waals surface area contributed by atoms with Gasteiger partial charge in [-0.05, 0) is 49.1 Å². The molecule has 3 aromatic rings. The summed E-state index contributed by atoms with van der Waals surface area (Å²) < 4.78 is 0. The SMILES string of the molecule is CC[C@H](C)c1nc(N2CCN(C(=O)c3cccs3)CC2)c2c3c(sc2n1)CCCCC3. The Labute approximate surface area is 192 Å². The third kappa shape index (κ3) is 3.98. The number of hydrogen-bond acceptors (Lipinski definition) is 6. The van der Waals surface area contributed by atoms with Gasteiger partial charge in [0.05, 0.1) is 10.3 Å². The van der Waals surface area contributed by atoms with E-state index < -0.39 is 0 Å². The lowest BCUT2D eigenvalue weighted by Gasteiger charge is -2.36. The van der Waals surface area contributed by atoms with Crippen LogP contribution < -0.4 is 4.90 Å². The van der Waals surface area contributed by atoms with E-state index in [-0.39, 0.29) is 5.91 Å². The second-order valence-corrected chi connectivity index (χ2v) is 10.7. The van der Waals surface area contributed by atoms with Crippen LogP contribution in [0.2, 0.25) is 0 Å². The Kier molecular flexibility index (Phi) is 5.97. The molecule has 31 heavy (non-hydrogen) atoms. The van der Waals surface area contributed by atoms with Crippen LogP contribution in [0.15, 0.2) is 17.5 Å². The molecule has 1 saturated heterocycles. The smallest absolute Gasteiger partial charge is 0.264 e. The van der Waals surface area contributed by atoms with Gasteiger partial charge < -0.3 is 9.80 Å². The van der Waals surface area contributed by atoms with E-state index >= 15 is 0 Å². The number of anilines is 1. The predicted molar refractivity (Wildman–Crippen MR) is 130 cm³/mol. The number of carbonyl (C=O) groups is 1. The standard InChI is InChI=1S/C24H30N4OS2/c1-3-16(2)21-25-22(20-17-8-5-4-6-9-18(17)31-23(20)26-21)27-11-13-28(14-12-27)24(29)19-10-7-15-30-19/h7,10,15-16H,3-6,8-9,11-14H2,1-2H3/t16-/m0/s1. The fourth-order valence-corrected chi connectivity index (χ4v) is 6.59. The zero-order valence-corrected chi connectivity index (χ0v) is 20.0. The van der Waals surface area contributed by atoms with Crippen LogP contribution in [0.3, 0.4) is 0 Å². The monoisotopic (exact) mass is 454 g/mol. The average Bonchev–Trinajstić information content (AvgIpc) is 3.40. The van der Waals surface area contributed by atoms with E-state index in [0.717, 1.165) is 55.5 Å². The van der Waals surface area contributed by atoms with E-state index in [1.165, 1.54) is 57.7 Å². The Morgan fingerprint density at radius 1 is 1.13 bits per heavy atom. The largest absolute Gasteiger partial charge is 0.352 e. The molecule has 3 aromatic heterocycles. The highest BCUT2D eigenvalue weighted by Gasteiger charge is 2.28. The molecular weight excluding hydrogens is 424 g/mol. The minimum absolute atomic E-state index is 0.159. The summed E-state index contributed by atoms with van der Waals surface area (Å²) in [6.07, 6.45) is 7.22. The molecule has 0 N–H and O–H groups in total. The van der Waals surface area contributed by atoms with Gasteiger partial charge in [-0.15, -0.1) is 22.7 Å². The van der Waals surface area contributed by atoms with Crippen LogP contribution in [0.4, 0.5) is 5.82 Å². The van der Waals surface area contributed by atoms with Crippen LogP contribution >= 0.6 is 22.7 Å². The molecule has 5 rings (SSSR count). The highest BCUT2D eigenvalue weighted by Crippen LogP contribution is 2.40. The number of fused-ring (bicyclic) bond motifs is 3. The van der Waals surface area contributed by atoms with Crippen LogP contribution in [-0.2, 0) is 12.8 Å². The van der Waals surface area contributed by atoms with Crippen LogP contribution in [-0.4, -0.2) is 47.0 Å². The second kappa shape index (κ2) is 8.87. The molecule has 0 radical (unpaired) electrons. The van der Waals surface area contributed by atoms with E-state index in [9.17, 15) is 4.79 Å². The first-order valence-corrected chi connectivity index (χ1v) is 13.2. The first-order chi connectivity index (χ1) is 15.2. The fraction of sp³-hybridized carbons (Fsp3) is 0.542. The van der Waals surface area contributed by atoms with Crippen molar-refractivity contribution >= 4 is 44.6 Å². The van der Waals surface area contributed by atoms with Crippen molar-refractivity contribution in [2.75, 3.05) is 31.1 Å². The normalized spacial score (nSPS) is 18.1. The van der Waals surface area contributed by atoms with E-state index in [0.29, 0.717) is 5.92 Å². The Balaban J connectivity index is 1.48. The van der Waals surface area contributed by atoms with Crippen molar-refractivity contribution < 1.29 is 4.79 Å². The molecule has 4 heterocycles. The number of carbonyl (C=O) groups excluding carboxylic acids is 1. The Morgan fingerprint density at radius 2 is 1.94 bits per heavy atom. The van der Waals surface area contributed by atoms with Gasteiger partial charge in [-0.3, -0.25) is 4.79 Å². The van der Waals surface area contributed by atoms with Gasteiger partial charge in [-0.25, -0.2) is 9.97 Å². The van der Waals surface area contributed by atoms with Crippen LogP contribution in [0.1, 0.15) is 71.4 Å². The fourth-order valence-electron chi connectivity index (χ4n) is 4.64. The first-order valence-electron chi connectivity index (χ1n) is 11.6. The van der Waals surface area contributed by atoms with Gasteiger partial charge in [0.1, 0.15) is 16.5 Å². The molecule has 1 fully saturated rings. The average molecular weight is 455 g/mol. The number of thiophene rings is 2. The van der Waals surface area contributed by atoms with Gasteiger partial charge in [0.2, 0.25) is 0 Å². The molecule has 1 aliphatic carbocycles. The minimum Gasteiger partial charge on any atom is -0.352 e. The number of piperazine rings is 1. The molecule has 2 aliphatic rings. The van der Waals surface area contributed by atoms with E-state index in [4.69, 9.17) is 9.97 Å². The summed E-state index contributed by atoms with van der Waals surface area (Å²) in [4.78, 5) is 30.9. The van der Waals surface area contributed by atoms with Crippen LogP contribution in [0.25, 0.3) is 10.2 Å². The number of hydrogen-bond donors (Lipinski definition) is 0. The quantitative estimate of drug-likeness (QED) is 0.489. The molecule has 5 nitrogen and oxygen atoms in total. The Bertz CT molecular complexity index is 1070. The summed E-state index contributed by atoms with van der Waals surface area (Å²) in [5.41, 5.74) is 1.50. The van der Waals surface area contributed by atoms with Crippen LogP contribution in [0, 0.1) is 0 Å². The van der Waals surface area contributed by atoms with Crippen molar-refractivity contribution in [2.45, 2.75) is 58.3 Å². The van der Waals surface area contributed by atoms with Gasteiger partial charge in [0.25, 0.3) is 5.91 Å². The maximum absolute atomic E-state index is 12.8. The minimum atomic E-state index is 0.159. The van der Waals surface area contributed by atoms with Crippen molar-refractivity contribution in [3.8, 4) is 0 Å². The van der Waals surface area contributed by atoms with Gasteiger partial charge in [-0.1, -0.05) is 26.3 Å². The van der Waals surface area contributed by atoms with E-state index in [2.05, 4.69) is 18.7 Å². The highest BCUT2D eigenvalue weighted by atomic mass is 32.1. The highest BCUT2D eigenvalue weighted by molar-refractivity contribution is 7.19. The molecule has 0 saturated carbocycles. The third-order valence-corrected chi connectivity index (χ3v) is 8.76. The Hall–Kier alpha value is -1.99. The van der Waals surface area contributed by atoms with Gasteiger partial charge >= 0.3 is 0 Å². The molecule has 1 atom stereocenters. The molecule has 164 valence electrons. The zero-order valence-electron chi connectivity index (χ0n) is 18.4. The van der Waals surface area contributed by atoms with Crippen molar-refractivity contribution in [1.82, 2.24) is 14.9 Å². The predicted octanol–water partition coefficient (Wildman–Crippen LogP) is 5.50. The summed E-state index contributed by atoms with van der Waals surface area (Å²) in [5.74, 6) is 2.60. The molecule has 1 amide bonds. The lowest BCUT2D eigenvalue weighted by molar-refractivity contribution is 0.0751. The molecule has 0 unspecified atom stereocenters. The number of rotatable bonds is 4. The summed E-state index contributed by atoms with van der Waals surface area (Å²) in [6.45, 7) is 7.57. The summed E-state index contributed by atoms with van der Waals surface area (Å²) in [5, 5.41) is 3.27. The molecule has 0 spiro atoms. The number of amides is 1.